The third-order valence-electron chi connectivity index (χ3n) is 2.40. The zero-order chi connectivity index (χ0) is 14.0. The molecule has 2 rings (SSSR count). The van der Waals surface area contributed by atoms with Crippen LogP contribution in [-0.2, 0) is 0 Å². The van der Waals surface area contributed by atoms with Crippen LogP contribution in [-0.4, -0.2) is 10.9 Å². The molecule has 1 aromatic carbocycles. The van der Waals surface area contributed by atoms with Gasteiger partial charge < -0.3 is 5.73 Å². The topological polar surface area (TPSA) is 59.2 Å². The summed E-state index contributed by atoms with van der Waals surface area (Å²) in [7, 11) is 0. The monoisotopic (exact) mass is 375 g/mol. The molecule has 0 atom stereocenters. The molecule has 7 heteroatoms. The van der Waals surface area contributed by atoms with E-state index in [9.17, 15) is 13.7 Å². The summed E-state index contributed by atoms with van der Waals surface area (Å²) in [6.45, 7) is 0. The SMILES string of the molecule is NC(=O)c1ccncc1N(F)c1ccc(I)cc1F. The summed E-state index contributed by atoms with van der Waals surface area (Å²) >= 11 is 1.91. The van der Waals surface area contributed by atoms with Gasteiger partial charge in [-0.2, -0.15) is 5.12 Å². The van der Waals surface area contributed by atoms with E-state index in [1.807, 2.05) is 22.6 Å². The van der Waals surface area contributed by atoms with Crippen molar-refractivity contribution < 1.29 is 13.7 Å². The van der Waals surface area contributed by atoms with Gasteiger partial charge in [0.05, 0.1) is 11.8 Å². The second-order valence-electron chi connectivity index (χ2n) is 3.63. The molecule has 1 heterocycles. The van der Waals surface area contributed by atoms with E-state index in [1.54, 1.807) is 6.07 Å². The highest BCUT2D eigenvalue weighted by Crippen LogP contribution is 2.31. The van der Waals surface area contributed by atoms with Crippen LogP contribution >= 0.6 is 22.6 Å². The quantitative estimate of drug-likeness (QED) is 0.663. The first-order valence-electron chi connectivity index (χ1n) is 5.15. The van der Waals surface area contributed by atoms with Crippen LogP contribution in [0.2, 0.25) is 0 Å². The van der Waals surface area contributed by atoms with Gasteiger partial charge >= 0.3 is 0 Å². The van der Waals surface area contributed by atoms with Crippen molar-refractivity contribution in [3.8, 4) is 0 Å². The minimum absolute atomic E-state index is 0.0541. The van der Waals surface area contributed by atoms with Gasteiger partial charge in [0.1, 0.15) is 11.4 Å². The maximum absolute atomic E-state index is 14.2. The Hall–Kier alpha value is -1.77. The van der Waals surface area contributed by atoms with E-state index in [2.05, 4.69) is 4.98 Å². The molecule has 2 aromatic rings. The molecule has 0 saturated heterocycles. The Balaban J connectivity index is 2.50. The minimum Gasteiger partial charge on any atom is -0.366 e. The van der Waals surface area contributed by atoms with Gasteiger partial charge in [0.2, 0.25) is 0 Å². The van der Waals surface area contributed by atoms with Crippen LogP contribution in [0.5, 0.6) is 0 Å². The second-order valence-corrected chi connectivity index (χ2v) is 4.88. The van der Waals surface area contributed by atoms with Gasteiger partial charge in [-0.05, 0) is 46.9 Å². The van der Waals surface area contributed by atoms with Crippen LogP contribution in [0.15, 0.2) is 36.7 Å². The summed E-state index contributed by atoms with van der Waals surface area (Å²) in [6, 6.07) is 5.28. The standard InChI is InChI=1S/C12H8F2IN3O/c13-9-5-7(15)1-2-10(9)18(14)11-6-17-4-3-8(11)12(16)19/h1-6H,(H2,16,19). The van der Waals surface area contributed by atoms with Gasteiger partial charge in [-0.1, -0.05) is 4.48 Å². The zero-order valence-electron chi connectivity index (χ0n) is 9.48. The van der Waals surface area contributed by atoms with Gasteiger partial charge in [-0.25, -0.2) is 4.39 Å². The number of aromatic nitrogens is 1. The molecule has 4 nitrogen and oxygen atoms in total. The average Bonchev–Trinajstić information content (AvgIpc) is 2.38. The first kappa shape index (κ1) is 13.7. The number of anilines is 2. The Labute approximate surface area is 121 Å². The fourth-order valence-electron chi connectivity index (χ4n) is 1.52. The van der Waals surface area contributed by atoms with E-state index in [0.717, 1.165) is 6.20 Å². The lowest BCUT2D eigenvalue weighted by Gasteiger charge is -2.16. The fraction of sp³-hybridized carbons (Fsp3) is 0. The molecule has 0 aliphatic carbocycles. The summed E-state index contributed by atoms with van der Waals surface area (Å²) in [5.41, 5.74) is 4.56. The lowest BCUT2D eigenvalue weighted by atomic mass is 10.2. The smallest absolute Gasteiger partial charge is 0.251 e. The number of nitrogens with zero attached hydrogens (tertiary/aromatic N) is 2. The van der Waals surface area contributed by atoms with Gasteiger partial charge in [0.15, 0.2) is 5.82 Å². The van der Waals surface area contributed by atoms with Crippen LogP contribution in [0, 0.1) is 9.39 Å². The van der Waals surface area contributed by atoms with E-state index < -0.39 is 11.7 Å². The summed E-state index contributed by atoms with van der Waals surface area (Å²) in [5.74, 6) is -1.56. The highest BCUT2D eigenvalue weighted by atomic mass is 127. The Morgan fingerprint density at radius 1 is 1.32 bits per heavy atom. The van der Waals surface area contributed by atoms with E-state index in [1.165, 1.54) is 24.4 Å². The Morgan fingerprint density at radius 3 is 2.68 bits per heavy atom. The molecule has 98 valence electrons. The number of hydrogen-bond donors (Lipinski definition) is 1. The number of carbonyl (C=O) groups is 1. The number of carbonyl (C=O) groups excluding carboxylic acids is 1. The molecule has 0 bridgehead atoms. The summed E-state index contributed by atoms with van der Waals surface area (Å²) in [4.78, 5) is 14.9. The van der Waals surface area contributed by atoms with Crippen molar-refractivity contribution in [3.05, 3.63) is 51.6 Å². The van der Waals surface area contributed by atoms with Crippen molar-refractivity contribution in [2.75, 3.05) is 5.12 Å². The highest BCUT2D eigenvalue weighted by Gasteiger charge is 2.19. The Kier molecular flexibility index (Phi) is 3.93. The number of halogens is 3. The summed E-state index contributed by atoms with van der Waals surface area (Å²) in [6.07, 6.45) is 2.42. The van der Waals surface area contributed by atoms with Gasteiger partial charge in [0.25, 0.3) is 5.91 Å². The van der Waals surface area contributed by atoms with E-state index in [0.29, 0.717) is 3.57 Å². The van der Waals surface area contributed by atoms with Crippen molar-refractivity contribution >= 4 is 39.9 Å². The van der Waals surface area contributed by atoms with Crippen molar-refractivity contribution in [1.29, 1.82) is 0 Å². The third-order valence-corrected chi connectivity index (χ3v) is 3.07. The van der Waals surface area contributed by atoms with Crippen molar-refractivity contribution in [3.63, 3.8) is 0 Å². The molecule has 0 unspecified atom stereocenters. The number of pyridine rings is 1. The van der Waals surface area contributed by atoms with Crippen LogP contribution in [0.4, 0.5) is 20.2 Å². The highest BCUT2D eigenvalue weighted by molar-refractivity contribution is 14.1. The molecule has 0 saturated carbocycles. The number of nitrogens with two attached hydrogens (primary N) is 1. The lowest BCUT2D eigenvalue weighted by molar-refractivity contribution is 0.1000. The van der Waals surface area contributed by atoms with E-state index >= 15 is 0 Å². The van der Waals surface area contributed by atoms with Gasteiger partial charge in [0, 0.05) is 9.77 Å². The molecule has 0 fully saturated rings. The molecule has 0 aliphatic rings. The first-order chi connectivity index (χ1) is 9.00. The molecule has 0 aliphatic heterocycles. The molecule has 0 spiro atoms. The largest absolute Gasteiger partial charge is 0.366 e. The third kappa shape index (κ3) is 2.80. The number of hydrogen-bond acceptors (Lipinski definition) is 3. The lowest BCUT2D eigenvalue weighted by Crippen LogP contribution is -2.17. The van der Waals surface area contributed by atoms with Gasteiger partial charge in [-0.3, -0.25) is 9.78 Å². The molecular formula is C12H8F2IN3O. The molecule has 1 amide bonds. The molecular weight excluding hydrogens is 367 g/mol. The first-order valence-corrected chi connectivity index (χ1v) is 6.23. The van der Waals surface area contributed by atoms with Crippen molar-refractivity contribution in [2.24, 2.45) is 5.73 Å². The Morgan fingerprint density at radius 2 is 2.05 bits per heavy atom. The van der Waals surface area contributed by atoms with E-state index in [4.69, 9.17) is 5.73 Å². The summed E-state index contributed by atoms with van der Waals surface area (Å²) in [5, 5.41) is 0.0541. The molecule has 19 heavy (non-hydrogen) atoms. The van der Waals surface area contributed by atoms with Crippen LogP contribution in [0.25, 0.3) is 0 Å². The van der Waals surface area contributed by atoms with E-state index in [-0.39, 0.29) is 22.1 Å². The molecule has 1 aromatic heterocycles. The summed E-state index contributed by atoms with van der Waals surface area (Å²) < 4.78 is 28.6. The number of benzene rings is 1. The number of primary amides is 1. The van der Waals surface area contributed by atoms with Crippen LogP contribution in [0.3, 0.4) is 0 Å². The van der Waals surface area contributed by atoms with Gasteiger partial charge in [-0.15, -0.1) is 0 Å². The Bertz CT molecular complexity index is 636. The average molecular weight is 375 g/mol. The molecule has 0 radical (unpaired) electrons. The van der Waals surface area contributed by atoms with Crippen molar-refractivity contribution in [1.82, 2.24) is 4.98 Å². The maximum Gasteiger partial charge on any atom is 0.251 e. The zero-order valence-corrected chi connectivity index (χ0v) is 11.6. The second kappa shape index (κ2) is 5.47. The normalized spacial score (nSPS) is 10.3. The minimum atomic E-state index is -0.814. The maximum atomic E-state index is 14.2. The van der Waals surface area contributed by atoms with Crippen molar-refractivity contribution in [2.45, 2.75) is 0 Å². The van der Waals surface area contributed by atoms with Crippen LogP contribution < -0.4 is 10.9 Å². The fourth-order valence-corrected chi connectivity index (χ4v) is 1.97. The number of amides is 1. The van der Waals surface area contributed by atoms with Crippen LogP contribution in [0.1, 0.15) is 10.4 Å². The molecule has 2 N–H and O–H groups in total. The predicted octanol–water partition coefficient (Wildman–Crippen LogP) is 2.95. The number of rotatable bonds is 3. The predicted molar refractivity (Wildman–Crippen MR) is 75.1 cm³/mol.